The Hall–Kier alpha value is -1.75. The fourth-order valence-electron chi connectivity index (χ4n) is 2.01. The molecular weight excluding hydrogens is 274 g/mol. The van der Waals surface area contributed by atoms with Crippen LogP contribution in [0, 0.1) is 0 Å². The van der Waals surface area contributed by atoms with E-state index in [0.29, 0.717) is 4.88 Å². The highest BCUT2D eigenvalue weighted by atomic mass is 32.1. The number of ether oxygens (including phenoxy) is 2. The maximum atomic E-state index is 11.7. The van der Waals surface area contributed by atoms with E-state index in [2.05, 4.69) is 0 Å². The molecular formula is C15H19NO3S. The minimum atomic E-state index is -0.303. The van der Waals surface area contributed by atoms with Gasteiger partial charge in [0.2, 0.25) is 0 Å². The van der Waals surface area contributed by atoms with Crippen molar-refractivity contribution in [2.75, 3.05) is 26.1 Å². The van der Waals surface area contributed by atoms with Crippen molar-refractivity contribution in [2.24, 2.45) is 0 Å². The maximum absolute atomic E-state index is 11.7. The van der Waals surface area contributed by atoms with Crippen LogP contribution in [0.2, 0.25) is 0 Å². The third kappa shape index (κ3) is 2.88. The van der Waals surface area contributed by atoms with Gasteiger partial charge in [0, 0.05) is 35.9 Å². The standard InChI is InChI=1S/C15H19NO3S/c1-9(2)19-10-6-12(16(3)4)11-8-14(15(17)18-5)20-13(11)7-10/h6-9H,1-5H3. The van der Waals surface area contributed by atoms with Gasteiger partial charge in [0.25, 0.3) is 0 Å². The average Bonchev–Trinajstić information content (AvgIpc) is 2.79. The van der Waals surface area contributed by atoms with Gasteiger partial charge in [-0.05, 0) is 26.0 Å². The molecule has 0 aliphatic rings. The summed E-state index contributed by atoms with van der Waals surface area (Å²) in [6.07, 6.45) is 0.113. The van der Waals surface area contributed by atoms with Gasteiger partial charge in [0.15, 0.2) is 0 Å². The van der Waals surface area contributed by atoms with Crippen LogP contribution in [0.5, 0.6) is 5.75 Å². The Morgan fingerprint density at radius 3 is 2.50 bits per heavy atom. The highest BCUT2D eigenvalue weighted by molar-refractivity contribution is 7.20. The lowest BCUT2D eigenvalue weighted by molar-refractivity contribution is 0.0606. The van der Waals surface area contributed by atoms with Crippen LogP contribution in [-0.2, 0) is 4.74 Å². The van der Waals surface area contributed by atoms with E-state index in [1.165, 1.54) is 18.4 Å². The third-order valence-electron chi connectivity index (χ3n) is 2.83. The normalized spacial score (nSPS) is 10.9. The van der Waals surface area contributed by atoms with Crippen molar-refractivity contribution in [3.05, 3.63) is 23.1 Å². The Kier molecular flexibility index (Phi) is 4.18. The minimum Gasteiger partial charge on any atom is -0.491 e. The number of methoxy groups -OCH3 is 1. The number of hydrogen-bond acceptors (Lipinski definition) is 5. The Labute approximate surface area is 122 Å². The molecule has 0 aliphatic carbocycles. The van der Waals surface area contributed by atoms with E-state index in [1.807, 2.05) is 51.0 Å². The number of rotatable bonds is 4. The van der Waals surface area contributed by atoms with Crippen molar-refractivity contribution in [2.45, 2.75) is 20.0 Å². The summed E-state index contributed by atoms with van der Waals surface area (Å²) < 4.78 is 11.6. The molecule has 0 amide bonds. The number of fused-ring (bicyclic) bond motifs is 1. The molecule has 108 valence electrons. The van der Waals surface area contributed by atoms with Crippen molar-refractivity contribution in [3.8, 4) is 5.75 Å². The lowest BCUT2D eigenvalue weighted by Crippen LogP contribution is -2.10. The number of esters is 1. The van der Waals surface area contributed by atoms with Crippen molar-refractivity contribution in [3.63, 3.8) is 0 Å². The molecule has 20 heavy (non-hydrogen) atoms. The monoisotopic (exact) mass is 293 g/mol. The number of anilines is 1. The lowest BCUT2D eigenvalue weighted by atomic mass is 10.2. The minimum absolute atomic E-state index is 0.113. The van der Waals surface area contributed by atoms with Crippen molar-refractivity contribution < 1.29 is 14.3 Å². The predicted octanol–water partition coefficient (Wildman–Crippen LogP) is 3.54. The van der Waals surface area contributed by atoms with E-state index in [0.717, 1.165) is 21.5 Å². The second-order valence-corrected chi connectivity index (χ2v) is 6.10. The van der Waals surface area contributed by atoms with Crippen LogP contribution in [0.15, 0.2) is 18.2 Å². The van der Waals surface area contributed by atoms with Crippen LogP contribution < -0.4 is 9.64 Å². The molecule has 0 atom stereocenters. The van der Waals surface area contributed by atoms with Crippen LogP contribution in [0.1, 0.15) is 23.5 Å². The van der Waals surface area contributed by atoms with Crippen LogP contribution in [-0.4, -0.2) is 33.3 Å². The molecule has 0 saturated carbocycles. The Morgan fingerprint density at radius 2 is 1.95 bits per heavy atom. The first-order valence-electron chi connectivity index (χ1n) is 6.42. The second kappa shape index (κ2) is 5.71. The van der Waals surface area contributed by atoms with Gasteiger partial charge in [0.1, 0.15) is 10.6 Å². The van der Waals surface area contributed by atoms with E-state index in [-0.39, 0.29) is 12.1 Å². The molecule has 0 saturated heterocycles. The molecule has 0 bridgehead atoms. The first kappa shape index (κ1) is 14.7. The fourth-order valence-corrected chi connectivity index (χ4v) is 3.04. The molecule has 0 radical (unpaired) electrons. The Morgan fingerprint density at radius 1 is 1.25 bits per heavy atom. The van der Waals surface area contributed by atoms with E-state index >= 15 is 0 Å². The number of carbonyl (C=O) groups excluding carboxylic acids is 1. The maximum Gasteiger partial charge on any atom is 0.348 e. The number of hydrogen-bond donors (Lipinski definition) is 0. The van der Waals surface area contributed by atoms with E-state index in [4.69, 9.17) is 9.47 Å². The van der Waals surface area contributed by atoms with Gasteiger partial charge in [-0.15, -0.1) is 11.3 Å². The predicted molar refractivity (Wildman–Crippen MR) is 83.3 cm³/mol. The average molecular weight is 293 g/mol. The largest absolute Gasteiger partial charge is 0.491 e. The molecule has 1 heterocycles. The van der Waals surface area contributed by atoms with Crippen LogP contribution >= 0.6 is 11.3 Å². The zero-order chi connectivity index (χ0) is 14.9. The zero-order valence-corrected chi connectivity index (χ0v) is 13.2. The molecule has 0 fully saturated rings. The summed E-state index contributed by atoms with van der Waals surface area (Å²) in [7, 11) is 5.35. The summed E-state index contributed by atoms with van der Waals surface area (Å²) in [6, 6.07) is 5.84. The van der Waals surface area contributed by atoms with Gasteiger partial charge in [-0.3, -0.25) is 0 Å². The number of thiophene rings is 1. The van der Waals surface area contributed by atoms with E-state index in [1.54, 1.807) is 0 Å². The van der Waals surface area contributed by atoms with Crippen molar-refractivity contribution in [1.29, 1.82) is 0 Å². The van der Waals surface area contributed by atoms with Crippen LogP contribution in [0.4, 0.5) is 5.69 Å². The third-order valence-corrected chi connectivity index (χ3v) is 3.89. The lowest BCUT2D eigenvalue weighted by Gasteiger charge is -2.17. The summed E-state index contributed by atoms with van der Waals surface area (Å²) >= 11 is 1.42. The fraction of sp³-hybridized carbons (Fsp3) is 0.400. The molecule has 4 nitrogen and oxygen atoms in total. The first-order chi connectivity index (χ1) is 9.42. The van der Waals surface area contributed by atoms with Gasteiger partial charge in [-0.25, -0.2) is 4.79 Å². The summed E-state index contributed by atoms with van der Waals surface area (Å²) in [5.74, 6) is 0.511. The molecule has 1 aromatic heterocycles. The van der Waals surface area contributed by atoms with Gasteiger partial charge in [0.05, 0.1) is 13.2 Å². The summed E-state index contributed by atoms with van der Waals surface area (Å²) in [5.41, 5.74) is 1.03. The quantitative estimate of drug-likeness (QED) is 0.808. The highest BCUT2D eigenvalue weighted by Gasteiger charge is 2.15. The van der Waals surface area contributed by atoms with Gasteiger partial charge in [-0.2, -0.15) is 0 Å². The molecule has 0 spiro atoms. The summed E-state index contributed by atoms with van der Waals surface area (Å²) in [6.45, 7) is 3.99. The first-order valence-corrected chi connectivity index (χ1v) is 7.24. The van der Waals surface area contributed by atoms with E-state index < -0.39 is 0 Å². The zero-order valence-electron chi connectivity index (χ0n) is 12.4. The SMILES string of the molecule is COC(=O)c1cc2c(N(C)C)cc(OC(C)C)cc2s1. The van der Waals surface area contributed by atoms with Crippen LogP contribution in [0.25, 0.3) is 10.1 Å². The Bertz CT molecular complexity index is 631. The smallest absolute Gasteiger partial charge is 0.348 e. The Balaban J connectivity index is 2.58. The molecule has 2 rings (SSSR count). The molecule has 0 N–H and O–H groups in total. The highest BCUT2D eigenvalue weighted by Crippen LogP contribution is 2.37. The van der Waals surface area contributed by atoms with Gasteiger partial charge < -0.3 is 14.4 Å². The number of carbonyl (C=O) groups is 1. The number of benzene rings is 1. The van der Waals surface area contributed by atoms with Crippen LogP contribution in [0.3, 0.4) is 0 Å². The molecule has 5 heteroatoms. The van der Waals surface area contributed by atoms with Crippen molar-refractivity contribution in [1.82, 2.24) is 0 Å². The summed E-state index contributed by atoms with van der Waals surface area (Å²) in [4.78, 5) is 14.3. The van der Waals surface area contributed by atoms with E-state index in [9.17, 15) is 4.79 Å². The molecule has 0 unspecified atom stereocenters. The topological polar surface area (TPSA) is 38.8 Å². The summed E-state index contributed by atoms with van der Waals surface area (Å²) in [5, 5.41) is 1.04. The molecule has 1 aromatic carbocycles. The number of nitrogens with zero attached hydrogens (tertiary/aromatic N) is 1. The second-order valence-electron chi connectivity index (χ2n) is 5.02. The van der Waals surface area contributed by atoms with Gasteiger partial charge in [-0.1, -0.05) is 0 Å². The van der Waals surface area contributed by atoms with Crippen molar-refractivity contribution >= 4 is 33.1 Å². The molecule has 2 aromatic rings. The molecule has 0 aliphatic heterocycles. The van der Waals surface area contributed by atoms with Gasteiger partial charge >= 0.3 is 5.97 Å².